The van der Waals surface area contributed by atoms with Crippen molar-refractivity contribution in [3.63, 3.8) is 0 Å². The molecule has 7 heteroatoms. The minimum Gasteiger partial charge on any atom is -0.326 e. The molecule has 1 fully saturated rings. The molecule has 4 rings (SSSR count). The Hall–Kier alpha value is -3.03. The topological polar surface area (TPSA) is 105 Å². The quantitative estimate of drug-likeness (QED) is 0.598. The minimum atomic E-state index is -0.583. The number of amides is 3. The Labute approximate surface area is 175 Å². The lowest BCUT2D eigenvalue weighted by molar-refractivity contribution is -0.136. The molecule has 0 bridgehead atoms. The van der Waals surface area contributed by atoms with Gasteiger partial charge < -0.3 is 16.0 Å². The fourth-order valence-corrected chi connectivity index (χ4v) is 4.10. The summed E-state index contributed by atoms with van der Waals surface area (Å²) < 4.78 is 0. The summed E-state index contributed by atoms with van der Waals surface area (Å²) in [6, 6.07) is 15.4. The third-order valence-electron chi connectivity index (χ3n) is 5.67. The van der Waals surface area contributed by atoms with Crippen molar-refractivity contribution in [1.82, 2.24) is 15.5 Å². The molecule has 2 heterocycles. The minimum absolute atomic E-state index is 0.00600. The van der Waals surface area contributed by atoms with E-state index in [4.69, 9.17) is 5.73 Å². The SMILES string of the molecule is N[C@H](CNCc1ccc2c(c1)C(=O)N(C1CCC(=O)NC1=O)C2)Cc1ccccc1. The largest absolute Gasteiger partial charge is 0.326 e. The van der Waals surface area contributed by atoms with E-state index < -0.39 is 6.04 Å². The first-order valence-corrected chi connectivity index (χ1v) is 10.3. The number of hydrogen-bond acceptors (Lipinski definition) is 5. The van der Waals surface area contributed by atoms with Gasteiger partial charge >= 0.3 is 0 Å². The summed E-state index contributed by atoms with van der Waals surface area (Å²) >= 11 is 0. The van der Waals surface area contributed by atoms with Crippen LogP contribution in [-0.2, 0) is 29.1 Å². The third-order valence-corrected chi connectivity index (χ3v) is 5.67. The molecule has 0 radical (unpaired) electrons. The number of hydrogen-bond donors (Lipinski definition) is 3. The van der Waals surface area contributed by atoms with Crippen LogP contribution >= 0.6 is 0 Å². The van der Waals surface area contributed by atoms with Gasteiger partial charge in [-0.1, -0.05) is 42.5 Å². The molecule has 0 saturated carbocycles. The second-order valence-corrected chi connectivity index (χ2v) is 7.97. The van der Waals surface area contributed by atoms with Gasteiger partial charge in [0.2, 0.25) is 11.8 Å². The molecule has 2 aliphatic heterocycles. The first-order chi connectivity index (χ1) is 14.5. The molecule has 1 unspecified atom stereocenters. The van der Waals surface area contributed by atoms with Crippen LogP contribution in [0.25, 0.3) is 0 Å². The van der Waals surface area contributed by atoms with Crippen LogP contribution in [0, 0.1) is 0 Å². The summed E-state index contributed by atoms with van der Waals surface area (Å²) in [7, 11) is 0. The first-order valence-electron chi connectivity index (χ1n) is 10.3. The highest BCUT2D eigenvalue weighted by molar-refractivity contribution is 6.05. The molecule has 0 spiro atoms. The number of nitrogens with two attached hydrogens (primary N) is 1. The van der Waals surface area contributed by atoms with Crippen molar-refractivity contribution < 1.29 is 14.4 Å². The van der Waals surface area contributed by atoms with Crippen LogP contribution in [0.5, 0.6) is 0 Å². The molecule has 2 aliphatic rings. The number of fused-ring (bicyclic) bond motifs is 1. The number of carbonyl (C=O) groups is 3. The maximum Gasteiger partial charge on any atom is 0.255 e. The number of rotatable bonds is 7. The Kier molecular flexibility index (Phi) is 5.92. The molecule has 4 N–H and O–H groups in total. The predicted molar refractivity (Wildman–Crippen MR) is 112 cm³/mol. The standard InChI is InChI=1S/C23H26N4O3/c24-18(10-15-4-2-1-3-5-15)13-25-12-16-6-7-17-14-27(23(30)19(17)11-16)20-8-9-21(28)26-22(20)29/h1-7,11,18,20,25H,8-10,12-14,24H2,(H,26,28,29)/t18-,20?/m0/s1. The van der Waals surface area contributed by atoms with Gasteiger partial charge in [0.25, 0.3) is 5.91 Å². The Morgan fingerprint density at radius 1 is 1.10 bits per heavy atom. The molecule has 30 heavy (non-hydrogen) atoms. The van der Waals surface area contributed by atoms with Crippen molar-refractivity contribution in [2.24, 2.45) is 5.73 Å². The number of nitrogens with one attached hydrogen (secondary N) is 2. The lowest BCUT2D eigenvalue weighted by Crippen LogP contribution is -2.52. The molecule has 0 aliphatic carbocycles. The predicted octanol–water partition coefficient (Wildman–Crippen LogP) is 1.11. The first kappa shape index (κ1) is 20.3. The smallest absolute Gasteiger partial charge is 0.255 e. The van der Waals surface area contributed by atoms with Crippen molar-refractivity contribution in [3.05, 3.63) is 70.8 Å². The summed E-state index contributed by atoms with van der Waals surface area (Å²) in [5, 5.41) is 5.69. The van der Waals surface area contributed by atoms with Crippen molar-refractivity contribution in [3.8, 4) is 0 Å². The highest BCUT2D eigenvalue weighted by Gasteiger charge is 2.39. The second kappa shape index (κ2) is 8.77. The van der Waals surface area contributed by atoms with Gasteiger partial charge in [0, 0.05) is 37.7 Å². The lowest BCUT2D eigenvalue weighted by Gasteiger charge is -2.29. The van der Waals surface area contributed by atoms with E-state index >= 15 is 0 Å². The summed E-state index contributed by atoms with van der Waals surface area (Å²) in [5.74, 6) is -0.817. The maximum atomic E-state index is 12.9. The van der Waals surface area contributed by atoms with Gasteiger partial charge in [-0.3, -0.25) is 19.7 Å². The number of piperidine rings is 1. The van der Waals surface area contributed by atoms with Crippen LogP contribution in [-0.4, -0.2) is 41.2 Å². The van der Waals surface area contributed by atoms with Crippen LogP contribution in [0.15, 0.2) is 48.5 Å². The van der Waals surface area contributed by atoms with Gasteiger partial charge in [-0.25, -0.2) is 0 Å². The fourth-order valence-electron chi connectivity index (χ4n) is 4.10. The summed E-state index contributed by atoms with van der Waals surface area (Å²) in [6.45, 7) is 1.68. The Bertz CT molecular complexity index is 960. The molecule has 2 aromatic rings. The molecular formula is C23H26N4O3. The van der Waals surface area contributed by atoms with E-state index in [1.54, 1.807) is 4.90 Å². The second-order valence-electron chi connectivity index (χ2n) is 7.97. The van der Waals surface area contributed by atoms with E-state index in [2.05, 4.69) is 22.8 Å². The summed E-state index contributed by atoms with van der Waals surface area (Å²) in [5.41, 5.74) is 9.97. The Morgan fingerprint density at radius 3 is 2.67 bits per heavy atom. The van der Waals surface area contributed by atoms with E-state index in [0.717, 1.165) is 17.5 Å². The van der Waals surface area contributed by atoms with Gasteiger partial charge in [0.1, 0.15) is 6.04 Å². The van der Waals surface area contributed by atoms with Crippen LogP contribution in [0.2, 0.25) is 0 Å². The zero-order valence-corrected chi connectivity index (χ0v) is 16.8. The zero-order valence-electron chi connectivity index (χ0n) is 16.8. The molecule has 2 atom stereocenters. The van der Waals surface area contributed by atoms with E-state index in [1.807, 2.05) is 36.4 Å². The molecule has 1 saturated heterocycles. The van der Waals surface area contributed by atoms with Crippen LogP contribution < -0.4 is 16.4 Å². The molecule has 3 amide bonds. The van der Waals surface area contributed by atoms with E-state index in [9.17, 15) is 14.4 Å². The van der Waals surface area contributed by atoms with Crippen LogP contribution in [0.4, 0.5) is 0 Å². The molecule has 156 valence electrons. The molecule has 2 aromatic carbocycles. The summed E-state index contributed by atoms with van der Waals surface area (Å²) in [4.78, 5) is 38.0. The van der Waals surface area contributed by atoms with Gasteiger partial charge in [-0.05, 0) is 35.6 Å². The highest BCUT2D eigenvalue weighted by atomic mass is 16.2. The van der Waals surface area contributed by atoms with E-state index in [-0.39, 0.29) is 30.2 Å². The molecule has 7 nitrogen and oxygen atoms in total. The number of nitrogens with zero attached hydrogens (tertiary/aromatic N) is 1. The molecule has 0 aromatic heterocycles. The van der Waals surface area contributed by atoms with Crippen molar-refractivity contribution in [1.29, 1.82) is 0 Å². The number of carbonyl (C=O) groups excluding carboxylic acids is 3. The number of imide groups is 1. The highest BCUT2D eigenvalue weighted by Crippen LogP contribution is 2.28. The van der Waals surface area contributed by atoms with Gasteiger partial charge in [0.05, 0.1) is 0 Å². The van der Waals surface area contributed by atoms with Crippen molar-refractivity contribution in [2.45, 2.75) is 44.4 Å². The van der Waals surface area contributed by atoms with Crippen molar-refractivity contribution in [2.75, 3.05) is 6.54 Å². The van der Waals surface area contributed by atoms with Gasteiger partial charge in [-0.2, -0.15) is 0 Å². The number of benzene rings is 2. The zero-order chi connectivity index (χ0) is 21.1. The Morgan fingerprint density at radius 2 is 1.90 bits per heavy atom. The van der Waals surface area contributed by atoms with Gasteiger partial charge in [0.15, 0.2) is 0 Å². The Balaban J connectivity index is 1.33. The average Bonchev–Trinajstić information content (AvgIpc) is 3.05. The fraction of sp³-hybridized carbons (Fsp3) is 0.348. The van der Waals surface area contributed by atoms with E-state index in [1.165, 1.54) is 5.56 Å². The van der Waals surface area contributed by atoms with E-state index in [0.29, 0.717) is 31.6 Å². The van der Waals surface area contributed by atoms with Crippen LogP contribution in [0.1, 0.15) is 39.9 Å². The van der Waals surface area contributed by atoms with Crippen molar-refractivity contribution >= 4 is 17.7 Å². The lowest BCUT2D eigenvalue weighted by atomic mass is 10.0. The average molecular weight is 406 g/mol. The van der Waals surface area contributed by atoms with Crippen LogP contribution in [0.3, 0.4) is 0 Å². The normalized spacial score (nSPS) is 19.6. The monoisotopic (exact) mass is 406 g/mol. The van der Waals surface area contributed by atoms with Gasteiger partial charge in [-0.15, -0.1) is 0 Å². The third kappa shape index (κ3) is 4.42. The summed E-state index contributed by atoms with van der Waals surface area (Å²) in [6.07, 6.45) is 1.43. The molecular weight excluding hydrogens is 380 g/mol. The maximum absolute atomic E-state index is 12.9.